The molecular formula is C28H30BrN3O4. The zero-order valence-electron chi connectivity index (χ0n) is 20.2. The van der Waals surface area contributed by atoms with E-state index >= 15 is 0 Å². The summed E-state index contributed by atoms with van der Waals surface area (Å²) in [5.41, 5.74) is 1.81. The van der Waals surface area contributed by atoms with Crippen molar-refractivity contribution in [3.63, 3.8) is 0 Å². The summed E-state index contributed by atoms with van der Waals surface area (Å²) in [6.07, 6.45) is 5.32. The van der Waals surface area contributed by atoms with Crippen molar-refractivity contribution < 1.29 is 19.2 Å². The van der Waals surface area contributed by atoms with Gasteiger partial charge in [-0.1, -0.05) is 70.5 Å². The molecule has 0 radical (unpaired) electrons. The van der Waals surface area contributed by atoms with Crippen LogP contribution in [0.3, 0.4) is 0 Å². The van der Waals surface area contributed by atoms with Gasteiger partial charge in [-0.15, -0.1) is 0 Å². The van der Waals surface area contributed by atoms with E-state index in [0.717, 1.165) is 15.6 Å². The Morgan fingerprint density at radius 1 is 0.972 bits per heavy atom. The molecule has 1 fully saturated rings. The molecule has 188 valence electrons. The molecule has 3 atom stereocenters. The first-order chi connectivity index (χ1) is 17.4. The molecular weight excluding hydrogens is 522 g/mol. The third-order valence-electron chi connectivity index (χ3n) is 6.93. The Hall–Kier alpha value is -3.26. The van der Waals surface area contributed by atoms with E-state index in [1.807, 2.05) is 66.7 Å². The van der Waals surface area contributed by atoms with E-state index in [0.29, 0.717) is 19.3 Å². The highest BCUT2D eigenvalue weighted by Crippen LogP contribution is 2.35. The molecule has 7 nitrogen and oxygen atoms in total. The molecule has 0 aromatic heterocycles. The third kappa shape index (κ3) is 5.75. The van der Waals surface area contributed by atoms with Gasteiger partial charge >= 0.3 is 0 Å². The van der Waals surface area contributed by atoms with Crippen LogP contribution in [0.5, 0.6) is 0 Å². The van der Waals surface area contributed by atoms with Gasteiger partial charge in [0.1, 0.15) is 6.04 Å². The van der Waals surface area contributed by atoms with Crippen molar-refractivity contribution >= 4 is 39.6 Å². The van der Waals surface area contributed by atoms with E-state index in [4.69, 9.17) is 0 Å². The SMILES string of the molecule is CNC(=O)[C@H](Cc1ccccc1)N(Cc1ccc(Br)cc1)C(=O)CCN1C(=O)[C@H]2CC=CC[C@H]2C1=O. The maximum atomic E-state index is 13.6. The second kappa shape index (κ2) is 11.6. The molecule has 2 aliphatic rings. The second-order valence-corrected chi connectivity index (χ2v) is 10.1. The number of allylic oxidation sites excluding steroid dienone is 2. The first-order valence-corrected chi connectivity index (χ1v) is 13.0. The highest BCUT2D eigenvalue weighted by molar-refractivity contribution is 9.10. The number of nitrogens with one attached hydrogen (secondary N) is 1. The molecule has 2 aromatic rings. The molecule has 8 heteroatoms. The summed E-state index contributed by atoms with van der Waals surface area (Å²) in [5, 5.41) is 2.69. The quantitative estimate of drug-likeness (QED) is 0.382. The first-order valence-electron chi connectivity index (χ1n) is 12.2. The van der Waals surface area contributed by atoms with Crippen molar-refractivity contribution in [2.24, 2.45) is 11.8 Å². The number of amides is 4. The molecule has 1 saturated heterocycles. The number of hydrogen-bond acceptors (Lipinski definition) is 4. The predicted molar refractivity (Wildman–Crippen MR) is 139 cm³/mol. The van der Waals surface area contributed by atoms with Gasteiger partial charge in [0.15, 0.2) is 0 Å². The summed E-state index contributed by atoms with van der Waals surface area (Å²) in [5.74, 6) is -1.60. The predicted octanol–water partition coefficient (Wildman–Crippen LogP) is 3.48. The zero-order valence-corrected chi connectivity index (χ0v) is 21.8. The summed E-state index contributed by atoms with van der Waals surface area (Å²) >= 11 is 3.43. The van der Waals surface area contributed by atoms with Crippen LogP contribution in [0.25, 0.3) is 0 Å². The Morgan fingerprint density at radius 2 is 1.58 bits per heavy atom. The number of nitrogens with zero attached hydrogens (tertiary/aromatic N) is 2. The van der Waals surface area contributed by atoms with Crippen molar-refractivity contribution in [1.82, 2.24) is 15.1 Å². The number of carbonyl (C=O) groups is 4. The third-order valence-corrected chi connectivity index (χ3v) is 7.46. The number of likely N-dealkylation sites (tertiary alicyclic amines) is 1. The average molecular weight is 552 g/mol. The lowest BCUT2D eigenvalue weighted by atomic mass is 9.85. The zero-order chi connectivity index (χ0) is 25.7. The van der Waals surface area contributed by atoms with Gasteiger partial charge in [0.25, 0.3) is 0 Å². The van der Waals surface area contributed by atoms with Crippen molar-refractivity contribution in [3.8, 4) is 0 Å². The van der Waals surface area contributed by atoms with E-state index in [-0.39, 0.29) is 55.0 Å². The lowest BCUT2D eigenvalue weighted by molar-refractivity contribution is -0.144. The lowest BCUT2D eigenvalue weighted by Gasteiger charge is -2.31. The van der Waals surface area contributed by atoms with E-state index in [1.165, 1.54) is 4.90 Å². The van der Waals surface area contributed by atoms with Crippen LogP contribution in [-0.2, 0) is 32.1 Å². The fourth-order valence-electron chi connectivity index (χ4n) is 4.95. The molecule has 0 bridgehead atoms. The molecule has 2 aromatic carbocycles. The maximum absolute atomic E-state index is 13.6. The van der Waals surface area contributed by atoms with E-state index in [2.05, 4.69) is 21.2 Å². The van der Waals surface area contributed by atoms with Gasteiger partial charge in [-0.25, -0.2) is 0 Å². The number of imide groups is 1. The molecule has 4 amide bonds. The average Bonchev–Trinajstić information content (AvgIpc) is 3.15. The van der Waals surface area contributed by atoms with Gasteiger partial charge in [0.05, 0.1) is 11.8 Å². The van der Waals surface area contributed by atoms with Crippen LogP contribution in [0.15, 0.2) is 71.2 Å². The molecule has 0 saturated carbocycles. The van der Waals surface area contributed by atoms with Gasteiger partial charge in [0.2, 0.25) is 23.6 Å². The Bertz CT molecular complexity index is 1120. The van der Waals surface area contributed by atoms with Crippen LogP contribution in [0.1, 0.15) is 30.4 Å². The topological polar surface area (TPSA) is 86.8 Å². The van der Waals surface area contributed by atoms with E-state index in [9.17, 15) is 19.2 Å². The van der Waals surface area contributed by atoms with Crippen LogP contribution in [0.2, 0.25) is 0 Å². The summed E-state index contributed by atoms with van der Waals surface area (Å²) in [7, 11) is 1.56. The molecule has 36 heavy (non-hydrogen) atoms. The minimum Gasteiger partial charge on any atom is -0.357 e. The fourth-order valence-corrected chi connectivity index (χ4v) is 5.21. The number of rotatable bonds is 9. The van der Waals surface area contributed by atoms with Crippen LogP contribution in [0.4, 0.5) is 0 Å². The molecule has 0 unspecified atom stereocenters. The molecule has 0 spiro atoms. The molecule has 1 N–H and O–H groups in total. The Kier molecular flexibility index (Phi) is 8.36. The molecule has 1 aliphatic heterocycles. The minimum absolute atomic E-state index is 0.0200. The van der Waals surface area contributed by atoms with Crippen LogP contribution >= 0.6 is 15.9 Å². The van der Waals surface area contributed by atoms with Gasteiger partial charge < -0.3 is 10.2 Å². The fraction of sp³-hybridized carbons (Fsp3) is 0.357. The summed E-state index contributed by atoms with van der Waals surface area (Å²) < 4.78 is 0.915. The van der Waals surface area contributed by atoms with E-state index in [1.54, 1.807) is 11.9 Å². The first kappa shape index (κ1) is 25.8. The van der Waals surface area contributed by atoms with Gasteiger partial charge in [-0.05, 0) is 36.1 Å². The number of hydrogen-bond donors (Lipinski definition) is 1. The Morgan fingerprint density at radius 3 is 2.17 bits per heavy atom. The minimum atomic E-state index is -0.745. The Balaban J connectivity index is 1.55. The van der Waals surface area contributed by atoms with Crippen molar-refractivity contribution in [3.05, 3.63) is 82.3 Å². The van der Waals surface area contributed by atoms with Gasteiger partial charge in [0, 0.05) is 37.5 Å². The maximum Gasteiger partial charge on any atom is 0.242 e. The summed E-state index contributed by atoms with van der Waals surface area (Å²) in [6.45, 7) is 0.250. The largest absolute Gasteiger partial charge is 0.357 e. The summed E-state index contributed by atoms with van der Waals surface area (Å²) in [6, 6.07) is 16.4. The smallest absolute Gasteiger partial charge is 0.242 e. The van der Waals surface area contributed by atoms with Crippen LogP contribution < -0.4 is 5.32 Å². The number of benzene rings is 2. The lowest BCUT2D eigenvalue weighted by Crippen LogP contribution is -2.50. The van der Waals surface area contributed by atoms with Gasteiger partial charge in [-0.2, -0.15) is 0 Å². The second-order valence-electron chi connectivity index (χ2n) is 9.20. The standard InChI is InChI=1S/C28H30BrN3O4/c1-30-26(34)24(17-19-7-3-2-4-8-19)32(18-20-11-13-21(29)14-12-20)25(33)15-16-31-27(35)22-9-5-6-10-23(22)28(31)36/h2-8,11-14,22-24H,9-10,15-18H2,1H3,(H,30,34)/t22-,23+,24-/m0/s1. The molecule has 4 rings (SSSR count). The molecule has 1 aliphatic carbocycles. The van der Waals surface area contributed by atoms with Crippen molar-refractivity contribution in [2.45, 2.75) is 38.3 Å². The Labute approximate surface area is 219 Å². The van der Waals surface area contributed by atoms with Gasteiger partial charge in [-0.3, -0.25) is 24.1 Å². The van der Waals surface area contributed by atoms with Crippen molar-refractivity contribution in [1.29, 1.82) is 0 Å². The highest BCUT2D eigenvalue weighted by Gasteiger charge is 2.47. The monoisotopic (exact) mass is 551 g/mol. The highest BCUT2D eigenvalue weighted by atomic mass is 79.9. The normalized spacial score (nSPS) is 19.7. The molecule has 1 heterocycles. The van der Waals surface area contributed by atoms with E-state index < -0.39 is 6.04 Å². The number of carbonyl (C=O) groups excluding carboxylic acids is 4. The van der Waals surface area contributed by atoms with Crippen molar-refractivity contribution in [2.75, 3.05) is 13.6 Å². The number of fused-ring (bicyclic) bond motifs is 1. The van der Waals surface area contributed by atoms with Crippen LogP contribution in [0, 0.1) is 11.8 Å². The summed E-state index contributed by atoms with van der Waals surface area (Å²) in [4.78, 5) is 55.2. The van der Waals surface area contributed by atoms with Crippen LogP contribution in [-0.4, -0.2) is 53.1 Å². The number of likely N-dealkylation sites (N-methyl/N-ethyl adjacent to an activating group) is 1. The number of halogens is 1.